The van der Waals surface area contributed by atoms with Gasteiger partial charge in [-0.2, -0.15) is 0 Å². The molecular formula is C17H26ClFN2O2. The van der Waals surface area contributed by atoms with Gasteiger partial charge >= 0.3 is 0 Å². The van der Waals surface area contributed by atoms with Crippen LogP contribution in [-0.4, -0.2) is 36.5 Å². The van der Waals surface area contributed by atoms with E-state index < -0.39 is 0 Å². The number of halogens is 2. The van der Waals surface area contributed by atoms with Gasteiger partial charge in [0.2, 0.25) is 5.91 Å². The summed E-state index contributed by atoms with van der Waals surface area (Å²) < 4.78 is 18.3. The number of hydrogen-bond donors (Lipinski definition) is 1. The van der Waals surface area contributed by atoms with Crippen molar-refractivity contribution in [3.63, 3.8) is 0 Å². The van der Waals surface area contributed by atoms with Gasteiger partial charge in [0, 0.05) is 25.6 Å². The van der Waals surface area contributed by atoms with Crippen molar-refractivity contribution in [2.24, 2.45) is 11.1 Å². The third-order valence-electron chi connectivity index (χ3n) is 4.28. The minimum atomic E-state index is -0.284. The fourth-order valence-corrected chi connectivity index (χ4v) is 2.69. The quantitative estimate of drug-likeness (QED) is 0.835. The summed E-state index contributed by atoms with van der Waals surface area (Å²) in [7, 11) is 0. The zero-order valence-electron chi connectivity index (χ0n) is 13.8. The van der Waals surface area contributed by atoms with Crippen LogP contribution >= 0.6 is 12.4 Å². The van der Waals surface area contributed by atoms with E-state index in [1.54, 1.807) is 12.1 Å². The normalized spacial score (nSPS) is 19.8. The van der Waals surface area contributed by atoms with Gasteiger partial charge in [0.15, 0.2) is 0 Å². The van der Waals surface area contributed by atoms with Crippen LogP contribution in [0, 0.1) is 11.2 Å². The van der Waals surface area contributed by atoms with Gasteiger partial charge in [-0.05, 0) is 42.5 Å². The zero-order valence-corrected chi connectivity index (χ0v) is 14.6. The van der Waals surface area contributed by atoms with Crippen molar-refractivity contribution in [1.29, 1.82) is 0 Å². The van der Waals surface area contributed by atoms with Gasteiger partial charge in [0.25, 0.3) is 0 Å². The highest BCUT2D eigenvalue weighted by Crippen LogP contribution is 2.28. The number of carbonyl (C=O) groups is 1. The number of carbonyl (C=O) groups excluding carboxylic acids is 1. The van der Waals surface area contributed by atoms with Crippen molar-refractivity contribution in [3.05, 3.63) is 30.1 Å². The largest absolute Gasteiger partial charge is 0.494 e. The molecule has 0 radical (unpaired) electrons. The molecule has 0 aliphatic carbocycles. The topological polar surface area (TPSA) is 55.6 Å². The summed E-state index contributed by atoms with van der Waals surface area (Å²) in [6.45, 7) is 6.12. The molecule has 1 unspecified atom stereocenters. The molecule has 4 nitrogen and oxygen atoms in total. The maximum absolute atomic E-state index is 12.8. The van der Waals surface area contributed by atoms with Gasteiger partial charge < -0.3 is 15.4 Å². The standard InChI is InChI=1S/C17H25FN2O2.ClH/c1-17(2)12-20(10-9-15(17)19)16(21)4-3-11-22-14-7-5-13(18)6-8-14;/h5-8,15H,3-4,9-12,19H2,1-2H3;1H. The first-order chi connectivity index (χ1) is 10.4. The van der Waals surface area contributed by atoms with Crippen molar-refractivity contribution in [2.45, 2.75) is 39.2 Å². The van der Waals surface area contributed by atoms with Gasteiger partial charge in [-0.1, -0.05) is 13.8 Å². The van der Waals surface area contributed by atoms with Crippen LogP contribution in [0.2, 0.25) is 0 Å². The predicted octanol–water partition coefficient (Wildman–Crippen LogP) is 2.99. The first kappa shape index (κ1) is 19.7. The van der Waals surface area contributed by atoms with Crippen LogP contribution in [0.4, 0.5) is 4.39 Å². The van der Waals surface area contributed by atoms with E-state index in [1.165, 1.54) is 12.1 Å². The Morgan fingerprint density at radius 3 is 2.65 bits per heavy atom. The lowest BCUT2D eigenvalue weighted by atomic mass is 9.79. The van der Waals surface area contributed by atoms with E-state index in [2.05, 4.69) is 13.8 Å². The molecule has 1 fully saturated rings. The fourth-order valence-electron chi connectivity index (χ4n) is 2.69. The third kappa shape index (κ3) is 5.66. The Morgan fingerprint density at radius 2 is 2.04 bits per heavy atom. The molecule has 0 bridgehead atoms. The molecule has 1 saturated heterocycles. The number of likely N-dealkylation sites (tertiary alicyclic amines) is 1. The summed E-state index contributed by atoms with van der Waals surface area (Å²) in [6, 6.07) is 6.05. The summed E-state index contributed by atoms with van der Waals surface area (Å²) >= 11 is 0. The number of rotatable bonds is 5. The molecule has 23 heavy (non-hydrogen) atoms. The molecule has 6 heteroatoms. The second kappa shape index (κ2) is 8.50. The molecule has 2 N–H and O–H groups in total. The minimum absolute atomic E-state index is 0. The lowest BCUT2D eigenvalue weighted by Crippen LogP contribution is -2.54. The molecule has 0 spiro atoms. The second-order valence-electron chi connectivity index (χ2n) is 6.60. The number of ether oxygens (including phenoxy) is 1. The SMILES string of the molecule is CC1(C)CN(C(=O)CCCOc2ccc(F)cc2)CCC1N.Cl. The first-order valence-corrected chi connectivity index (χ1v) is 7.80. The zero-order chi connectivity index (χ0) is 16.2. The smallest absolute Gasteiger partial charge is 0.222 e. The van der Waals surface area contributed by atoms with Crippen LogP contribution < -0.4 is 10.5 Å². The molecule has 0 saturated carbocycles. The third-order valence-corrected chi connectivity index (χ3v) is 4.28. The highest BCUT2D eigenvalue weighted by molar-refractivity contribution is 5.85. The summed E-state index contributed by atoms with van der Waals surface area (Å²) in [4.78, 5) is 14.1. The van der Waals surface area contributed by atoms with Crippen molar-refractivity contribution < 1.29 is 13.9 Å². The van der Waals surface area contributed by atoms with Crippen LogP contribution in [0.15, 0.2) is 24.3 Å². The predicted molar refractivity (Wildman–Crippen MR) is 91.3 cm³/mol. The number of piperidine rings is 1. The van der Waals surface area contributed by atoms with Gasteiger partial charge in [-0.25, -0.2) is 4.39 Å². The molecule has 1 amide bonds. The van der Waals surface area contributed by atoms with Gasteiger partial charge in [0.05, 0.1) is 6.61 Å². The lowest BCUT2D eigenvalue weighted by molar-refractivity contribution is -0.134. The molecule has 1 aliphatic rings. The molecule has 2 rings (SSSR count). The monoisotopic (exact) mass is 344 g/mol. The second-order valence-corrected chi connectivity index (χ2v) is 6.60. The molecular weight excluding hydrogens is 319 g/mol. The maximum Gasteiger partial charge on any atom is 0.222 e. The summed E-state index contributed by atoms with van der Waals surface area (Å²) in [5.41, 5.74) is 6.06. The molecule has 0 aromatic heterocycles. The first-order valence-electron chi connectivity index (χ1n) is 7.80. The number of nitrogens with two attached hydrogens (primary N) is 1. The van der Waals surface area contributed by atoms with Gasteiger partial charge in [0.1, 0.15) is 11.6 Å². The Hall–Kier alpha value is -1.33. The van der Waals surface area contributed by atoms with Crippen LogP contribution in [0.3, 0.4) is 0 Å². The van der Waals surface area contributed by atoms with Gasteiger partial charge in [-0.15, -0.1) is 12.4 Å². The maximum atomic E-state index is 12.8. The van der Waals surface area contributed by atoms with E-state index in [-0.39, 0.29) is 35.6 Å². The summed E-state index contributed by atoms with van der Waals surface area (Å²) in [5, 5.41) is 0. The average Bonchev–Trinajstić information content (AvgIpc) is 2.48. The fraction of sp³-hybridized carbons (Fsp3) is 0.588. The van der Waals surface area contributed by atoms with E-state index >= 15 is 0 Å². The van der Waals surface area contributed by atoms with Crippen molar-refractivity contribution >= 4 is 18.3 Å². The Labute approximate surface area is 143 Å². The van der Waals surface area contributed by atoms with E-state index in [9.17, 15) is 9.18 Å². The highest BCUT2D eigenvalue weighted by Gasteiger charge is 2.34. The molecule has 1 atom stereocenters. The van der Waals surface area contributed by atoms with Crippen LogP contribution in [0.25, 0.3) is 0 Å². The van der Waals surface area contributed by atoms with Crippen molar-refractivity contribution in [3.8, 4) is 5.75 Å². The molecule has 1 aromatic carbocycles. The molecule has 1 aliphatic heterocycles. The van der Waals surface area contributed by atoms with Gasteiger partial charge in [-0.3, -0.25) is 4.79 Å². The van der Waals surface area contributed by atoms with Crippen LogP contribution in [0.5, 0.6) is 5.75 Å². The minimum Gasteiger partial charge on any atom is -0.494 e. The van der Waals surface area contributed by atoms with Crippen LogP contribution in [0.1, 0.15) is 33.1 Å². The lowest BCUT2D eigenvalue weighted by Gasteiger charge is -2.42. The Bertz CT molecular complexity index is 508. The van der Waals surface area contributed by atoms with E-state index in [0.717, 1.165) is 13.0 Å². The summed E-state index contributed by atoms with van der Waals surface area (Å²) in [5.74, 6) is 0.495. The number of amides is 1. The van der Waals surface area contributed by atoms with Crippen molar-refractivity contribution in [2.75, 3.05) is 19.7 Å². The van der Waals surface area contributed by atoms with Crippen LogP contribution in [-0.2, 0) is 4.79 Å². The van der Waals surface area contributed by atoms with Crippen molar-refractivity contribution in [1.82, 2.24) is 4.90 Å². The molecule has 1 aromatic rings. The van der Waals surface area contributed by atoms with E-state index in [0.29, 0.717) is 31.7 Å². The highest BCUT2D eigenvalue weighted by atomic mass is 35.5. The van der Waals surface area contributed by atoms with E-state index in [4.69, 9.17) is 10.5 Å². The van der Waals surface area contributed by atoms with E-state index in [1.807, 2.05) is 4.90 Å². The number of benzene rings is 1. The Balaban J connectivity index is 0.00000264. The Kier molecular flexibility index (Phi) is 7.29. The molecule has 1 heterocycles. The summed E-state index contributed by atoms with van der Waals surface area (Å²) in [6.07, 6.45) is 1.97. The average molecular weight is 345 g/mol. The Morgan fingerprint density at radius 1 is 1.39 bits per heavy atom. The number of nitrogens with zero attached hydrogens (tertiary/aromatic N) is 1. The molecule has 130 valence electrons. The number of hydrogen-bond acceptors (Lipinski definition) is 3.